The maximum Gasteiger partial charge on any atom is 0.221 e. The minimum absolute atomic E-state index is 0.212. The molecule has 0 atom stereocenters. The van der Waals surface area contributed by atoms with Crippen LogP contribution in [0.25, 0.3) is 0 Å². The summed E-state index contributed by atoms with van der Waals surface area (Å²) in [6, 6.07) is 2.15. The molecule has 0 bridgehead atoms. The van der Waals surface area contributed by atoms with Gasteiger partial charge in [0, 0.05) is 12.1 Å². The van der Waals surface area contributed by atoms with Crippen LogP contribution < -0.4 is 28.4 Å². The summed E-state index contributed by atoms with van der Waals surface area (Å²) in [5, 5.41) is 20.3. The van der Waals surface area contributed by atoms with Gasteiger partial charge in [-0.2, -0.15) is 0 Å². The fourth-order valence-corrected chi connectivity index (χ4v) is 4.71. The average Bonchev–Trinajstić information content (AvgIpc) is 2.70. The molecule has 11 heteroatoms. The Kier molecular flexibility index (Phi) is 6.42. The summed E-state index contributed by atoms with van der Waals surface area (Å²) in [4.78, 5) is -0.886. The van der Waals surface area contributed by atoms with Gasteiger partial charge in [-0.25, -0.2) is 8.42 Å². The lowest BCUT2D eigenvalue weighted by molar-refractivity contribution is 0.312. The summed E-state index contributed by atoms with van der Waals surface area (Å²) < 4.78 is 58.4. The minimum Gasteiger partial charge on any atom is -0.504 e. The molecule has 0 heterocycles. The summed E-state index contributed by atoms with van der Waals surface area (Å²) in [7, 11) is 2.87. The van der Waals surface area contributed by atoms with E-state index in [1.54, 1.807) is 0 Å². The van der Waals surface area contributed by atoms with Crippen LogP contribution in [0.2, 0.25) is 0 Å². The molecule has 0 aromatic heterocycles. The van der Waals surface area contributed by atoms with Crippen LogP contribution in [-0.4, -0.2) is 61.3 Å². The number of methoxy groups -OCH3 is 6. The maximum atomic E-state index is 13.7. The molecule has 0 radical (unpaired) electrons. The summed E-state index contributed by atoms with van der Waals surface area (Å²) in [6.07, 6.45) is 0. The number of aromatic hydroxyl groups is 2. The van der Waals surface area contributed by atoms with Gasteiger partial charge in [0.25, 0.3) is 0 Å². The van der Waals surface area contributed by atoms with E-state index in [1.807, 2.05) is 0 Å². The number of phenolic OH excluding ortho intramolecular Hbond substituents is 2. The van der Waals surface area contributed by atoms with E-state index >= 15 is 0 Å². The molecular weight excluding hydrogens is 408 g/mol. The van der Waals surface area contributed by atoms with E-state index < -0.39 is 19.6 Å². The van der Waals surface area contributed by atoms with Gasteiger partial charge in [0.1, 0.15) is 11.5 Å². The number of benzene rings is 2. The normalized spacial score (nSPS) is 11.0. The summed E-state index contributed by atoms with van der Waals surface area (Å²) >= 11 is 0. The van der Waals surface area contributed by atoms with Gasteiger partial charge in [-0.1, -0.05) is 0 Å². The van der Waals surface area contributed by atoms with Crippen LogP contribution in [0.15, 0.2) is 21.9 Å². The number of sulfone groups is 1. The monoisotopic (exact) mass is 430 g/mol. The highest BCUT2D eigenvalue weighted by Crippen LogP contribution is 2.53. The van der Waals surface area contributed by atoms with Gasteiger partial charge in [0.05, 0.1) is 42.7 Å². The van der Waals surface area contributed by atoms with E-state index in [4.69, 9.17) is 28.4 Å². The molecule has 0 saturated carbocycles. The molecule has 0 fully saturated rings. The third-order valence-corrected chi connectivity index (χ3v) is 5.92. The van der Waals surface area contributed by atoms with E-state index in [1.165, 1.54) is 42.7 Å². The Morgan fingerprint density at radius 1 is 0.586 bits per heavy atom. The second-order valence-corrected chi connectivity index (χ2v) is 7.31. The zero-order valence-corrected chi connectivity index (χ0v) is 17.5. The Balaban J connectivity index is 3.06. The molecule has 0 aliphatic carbocycles. The van der Waals surface area contributed by atoms with E-state index in [-0.39, 0.29) is 46.0 Å². The molecule has 160 valence electrons. The van der Waals surface area contributed by atoms with Crippen molar-refractivity contribution in [2.45, 2.75) is 9.79 Å². The van der Waals surface area contributed by atoms with Crippen molar-refractivity contribution in [2.24, 2.45) is 0 Å². The number of rotatable bonds is 8. The first-order valence-corrected chi connectivity index (χ1v) is 9.50. The third kappa shape index (κ3) is 3.48. The van der Waals surface area contributed by atoms with E-state index in [2.05, 4.69) is 0 Å². The van der Waals surface area contributed by atoms with Crippen LogP contribution in [0.4, 0.5) is 0 Å². The first-order valence-electron chi connectivity index (χ1n) is 8.02. The van der Waals surface area contributed by atoms with Crippen molar-refractivity contribution >= 4 is 9.84 Å². The van der Waals surface area contributed by atoms with Crippen LogP contribution in [0, 0.1) is 0 Å². The molecule has 10 nitrogen and oxygen atoms in total. The maximum absolute atomic E-state index is 13.7. The highest BCUT2D eigenvalue weighted by atomic mass is 32.2. The SMILES string of the molecule is COc1cc(O)c(OC)c(OC)c1S(=O)(=O)c1c(OC)cc(O)c(OC)c1OC. The van der Waals surface area contributed by atoms with Gasteiger partial charge < -0.3 is 38.6 Å². The van der Waals surface area contributed by atoms with E-state index in [0.29, 0.717) is 0 Å². The predicted molar refractivity (Wildman–Crippen MR) is 101 cm³/mol. The van der Waals surface area contributed by atoms with E-state index in [9.17, 15) is 18.6 Å². The fourth-order valence-electron chi connectivity index (χ4n) is 2.85. The van der Waals surface area contributed by atoms with Gasteiger partial charge >= 0.3 is 0 Å². The number of hydrogen-bond donors (Lipinski definition) is 2. The molecule has 29 heavy (non-hydrogen) atoms. The highest BCUT2D eigenvalue weighted by molar-refractivity contribution is 7.92. The standard InChI is InChI=1S/C18H22O10S/c1-23-11-7-9(19)13(25-3)15(27-5)17(11)29(21,22)18-12(24-2)8-10(20)14(26-4)16(18)28-6/h7-8,19-20H,1-6H3. The Morgan fingerprint density at radius 2 is 0.897 bits per heavy atom. The fraction of sp³-hybridized carbons (Fsp3) is 0.333. The largest absolute Gasteiger partial charge is 0.504 e. The first-order chi connectivity index (χ1) is 13.7. The molecule has 2 aromatic carbocycles. The lowest BCUT2D eigenvalue weighted by atomic mass is 10.2. The lowest BCUT2D eigenvalue weighted by Gasteiger charge is -2.21. The first kappa shape index (κ1) is 22.1. The van der Waals surface area contributed by atoms with Gasteiger partial charge in [-0.15, -0.1) is 0 Å². The number of hydrogen-bond acceptors (Lipinski definition) is 10. The molecule has 0 aliphatic heterocycles. The van der Waals surface area contributed by atoms with Gasteiger partial charge in [-0.3, -0.25) is 0 Å². The average molecular weight is 430 g/mol. The molecule has 2 aromatic rings. The van der Waals surface area contributed by atoms with Crippen molar-refractivity contribution in [1.82, 2.24) is 0 Å². The molecule has 0 saturated heterocycles. The molecule has 2 N–H and O–H groups in total. The zero-order chi connectivity index (χ0) is 21.9. The third-order valence-electron chi connectivity index (χ3n) is 4.07. The van der Waals surface area contributed by atoms with Crippen LogP contribution in [-0.2, 0) is 9.84 Å². The quantitative estimate of drug-likeness (QED) is 0.641. The van der Waals surface area contributed by atoms with Crippen molar-refractivity contribution in [3.8, 4) is 46.0 Å². The van der Waals surface area contributed by atoms with Crippen molar-refractivity contribution in [1.29, 1.82) is 0 Å². The summed E-state index contributed by atoms with van der Waals surface area (Å²) in [5.74, 6) is -2.20. The Morgan fingerprint density at radius 3 is 1.14 bits per heavy atom. The lowest BCUT2D eigenvalue weighted by Crippen LogP contribution is -2.11. The van der Waals surface area contributed by atoms with Crippen LogP contribution in [0.3, 0.4) is 0 Å². The second kappa shape index (κ2) is 8.43. The zero-order valence-electron chi connectivity index (χ0n) is 16.7. The molecule has 0 amide bonds. The predicted octanol–water partition coefficient (Wildman–Crippen LogP) is 1.98. The van der Waals surface area contributed by atoms with Crippen LogP contribution >= 0.6 is 0 Å². The van der Waals surface area contributed by atoms with E-state index in [0.717, 1.165) is 12.1 Å². The van der Waals surface area contributed by atoms with Crippen molar-refractivity contribution in [2.75, 3.05) is 42.7 Å². The van der Waals surface area contributed by atoms with Gasteiger partial charge in [0.2, 0.25) is 21.3 Å². The highest BCUT2D eigenvalue weighted by Gasteiger charge is 2.38. The summed E-state index contributed by atoms with van der Waals surface area (Å²) in [6.45, 7) is 0. The topological polar surface area (TPSA) is 130 Å². The van der Waals surface area contributed by atoms with Crippen LogP contribution in [0.1, 0.15) is 0 Å². The van der Waals surface area contributed by atoms with Gasteiger partial charge in [-0.05, 0) is 0 Å². The second-order valence-electron chi connectivity index (χ2n) is 5.49. The number of ether oxygens (including phenoxy) is 6. The minimum atomic E-state index is -4.49. The number of phenols is 2. The summed E-state index contributed by atoms with van der Waals surface area (Å²) in [5.41, 5.74) is 0. The van der Waals surface area contributed by atoms with Crippen LogP contribution in [0.5, 0.6) is 46.0 Å². The molecule has 0 unspecified atom stereocenters. The van der Waals surface area contributed by atoms with Crippen molar-refractivity contribution in [3.63, 3.8) is 0 Å². The van der Waals surface area contributed by atoms with Crippen molar-refractivity contribution in [3.05, 3.63) is 12.1 Å². The molecular formula is C18H22O10S. The Hall–Kier alpha value is -3.21. The molecule has 0 aliphatic rings. The Labute approximate surface area is 168 Å². The molecule has 0 spiro atoms. The smallest absolute Gasteiger partial charge is 0.221 e. The van der Waals surface area contributed by atoms with Gasteiger partial charge in [0.15, 0.2) is 32.8 Å². The Bertz CT molecular complexity index is 939. The molecule has 2 rings (SSSR count). The van der Waals surface area contributed by atoms with Crippen molar-refractivity contribution < 1.29 is 47.1 Å².